The molecule has 0 unspecified atom stereocenters. The lowest BCUT2D eigenvalue weighted by Crippen LogP contribution is -2.17. The van der Waals surface area contributed by atoms with Gasteiger partial charge in [-0.3, -0.25) is 9.78 Å². The number of hydrogen-bond donors (Lipinski definition) is 3. The Bertz CT molecular complexity index is 626. The molecule has 6 heteroatoms. The lowest BCUT2D eigenvalue weighted by atomic mass is 10.2. The summed E-state index contributed by atoms with van der Waals surface area (Å²) in [5.74, 6) is -0.701. The number of para-hydroxylation sites is 1. The van der Waals surface area contributed by atoms with Crippen molar-refractivity contribution in [1.29, 1.82) is 0 Å². The molecule has 1 heterocycles. The van der Waals surface area contributed by atoms with Gasteiger partial charge >= 0.3 is 0 Å². The van der Waals surface area contributed by atoms with E-state index in [9.17, 15) is 15.0 Å². The molecule has 1 amide bonds. The first-order valence-electron chi connectivity index (χ1n) is 5.43. The summed E-state index contributed by atoms with van der Waals surface area (Å²) in [6.45, 7) is 0. The van der Waals surface area contributed by atoms with Crippen molar-refractivity contribution in [3.63, 3.8) is 0 Å². The third kappa shape index (κ3) is 3.06. The zero-order valence-electron chi connectivity index (χ0n) is 9.82. The van der Waals surface area contributed by atoms with Crippen molar-refractivity contribution >= 4 is 12.1 Å². The van der Waals surface area contributed by atoms with Gasteiger partial charge in [0, 0.05) is 11.8 Å². The van der Waals surface area contributed by atoms with Crippen LogP contribution in [0.2, 0.25) is 0 Å². The van der Waals surface area contributed by atoms with Crippen LogP contribution in [-0.4, -0.2) is 27.3 Å². The second-order valence-corrected chi connectivity index (χ2v) is 3.65. The maximum atomic E-state index is 11.7. The van der Waals surface area contributed by atoms with Gasteiger partial charge in [-0.25, -0.2) is 5.43 Å². The van der Waals surface area contributed by atoms with Crippen molar-refractivity contribution in [1.82, 2.24) is 10.4 Å². The minimum atomic E-state index is -0.539. The molecule has 19 heavy (non-hydrogen) atoms. The fourth-order valence-electron chi connectivity index (χ4n) is 1.39. The van der Waals surface area contributed by atoms with Crippen molar-refractivity contribution < 1.29 is 15.0 Å². The van der Waals surface area contributed by atoms with Crippen molar-refractivity contribution in [2.45, 2.75) is 0 Å². The Morgan fingerprint density at radius 3 is 2.74 bits per heavy atom. The lowest BCUT2D eigenvalue weighted by Gasteiger charge is -2.02. The van der Waals surface area contributed by atoms with E-state index < -0.39 is 5.91 Å². The Morgan fingerprint density at radius 2 is 2.00 bits per heavy atom. The Balaban J connectivity index is 2.06. The van der Waals surface area contributed by atoms with Crippen LogP contribution in [0, 0.1) is 0 Å². The van der Waals surface area contributed by atoms with Crippen molar-refractivity contribution in [2.24, 2.45) is 5.10 Å². The number of aromatic hydroxyl groups is 2. The number of benzene rings is 1. The summed E-state index contributed by atoms with van der Waals surface area (Å²) in [6, 6.07) is 7.68. The number of carbonyl (C=O) groups is 1. The molecule has 2 rings (SSSR count). The molecule has 1 aromatic heterocycles. The highest BCUT2D eigenvalue weighted by Crippen LogP contribution is 2.15. The molecule has 0 aliphatic rings. The predicted octanol–water partition coefficient (Wildman–Crippen LogP) is 1.26. The molecule has 3 N–H and O–H groups in total. The number of nitrogens with zero attached hydrogens (tertiary/aromatic N) is 2. The van der Waals surface area contributed by atoms with E-state index in [1.807, 2.05) is 0 Å². The van der Waals surface area contributed by atoms with Crippen LogP contribution in [0.3, 0.4) is 0 Å². The fraction of sp³-hybridized carbons (Fsp3) is 0. The van der Waals surface area contributed by atoms with Gasteiger partial charge in [0.1, 0.15) is 11.5 Å². The molecule has 2 aromatic rings. The first kappa shape index (κ1) is 12.6. The number of amides is 1. The number of hydrogen-bond acceptors (Lipinski definition) is 5. The smallest absolute Gasteiger partial charge is 0.275 e. The number of pyridine rings is 1. The molecule has 0 aliphatic carbocycles. The van der Waals surface area contributed by atoms with Crippen LogP contribution in [0.25, 0.3) is 0 Å². The van der Waals surface area contributed by atoms with Crippen LogP contribution in [0.15, 0.2) is 47.8 Å². The lowest BCUT2D eigenvalue weighted by molar-refractivity contribution is 0.0952. The molecular weight excluding hydrogens is 246 g/mol. The Hall–Kier alpha value is -2.89. The van der Waals surface area contributed by atoms with Crippen molar-refractivity contribution in [2.75, 3.05) is 0 Å². The van der Waals surface area contributed by atoms with E-state index in [0.717, 1.165) is 0 Å². The number of phenolic OH excluding ortho intramolecular Hbond substituents is 1. The Kier molecular flexibility index (Phi) is 3.72. The molecule has 0 saturated carbocycles. The second-order valence-electron chi connectivity index (χ2n) is 3.65. The van der Waals surface area contributed by atoms with Gasteiger partial charge in [-0.15, -0.1) is 0 Å². The summed E-state index contributed by atoms with van der Waals surface area (Å²) in [7, 11) is 0. The van der Waals surface area contributed by atoms with Gasteiger partial charge in [0.25, 0.3) is 5.91 Å². The SMILES string of the molecule is O=C(N/N=C/c1ccncc1O)c1ccccc1O. The second kappa shape index (κ2) is 5.63. The third-order valence-corrected chi connectivity index (χ3v) is 2.35. The highest BCUT2D eigenvalue weighted by molar-refractivity contribution is 5.97. The van der Waals surface area contributed by atoms with Gasteiger partial charge in [-0.1, -0.05) is 12.1 Å². The molecule has 0 bridgehead atoms. The van der Waals surface area contributed by atoms with E-state index in [-0.39, 0.29) is 17.1 Å². The maximum Gasteiger partial charge on any atom is 0.275 e. The van der Waals surface area contributed by atoms with Gasteiger partial charge < -0.3 is 10.2 Å². The topological polar surface area (TPSA) is 94.8 Å². The fourth-order valence-corrected chi connectivity index (χ4v) is 1.39. The number of carbonyl (C=O) groups excluding carboxylic acids is 1. The van der Waals surface area contributed by atoms with Crippen molar-refractivity contribution in [3.8, 4) is 11.5 Å². The largest absolute Gasteiger partial charge is 0.507 e. The Labute approximate surface area is 109 Å². The third-order valence-electron chi connectivity index (χ3n) is 2.35. The molecule has 0 fully saturated rings. The van der Waals surface area contributed by atoms with Gasteiger partial charge in [0.05, 0.1) is 18.0 Å². The van der Waals surface area contributed by atoms with E-state index in [1.54, 1.807) is 18.2 Å². The molecule has 0 atom stereocenters. The van der Waals surface area contributed by atoms with E-state index in [4.69, 9.17) is 0 Å². The highest BCUT2D eigenvalue weighted by Gasteiger charge is 2.08. The molecule has 0 aliphatic heterocycles. The van der Waals surface area contributed by atoms with Gasteiger partial charge in [0.2, 0.25) is 0 Å². The van der Waals surface area contributed by atoms with E-state index in [1.165, 1.54) is 30.7 Å². The zero-order valence-corrected chi connectivity index (χ0v) is 9.82. The Morgan fingerprint density at radius 1 is 1.21 bits per heavy atom. The number of hydrazone groups is 1. The normalized spacial score (nSPS) is 10.5. The molecule has 0 saturated heterocycles. The zero-order chi connectivity index (χ0) is 13.7. The maximum absolute atomic E-state index is 11.7. The van der Waals surface area contributed by atoms with Crippen LogP contribution in [0.5, 0.6) is 11.5 Å². The number of aromatic nitrogens is 1. The standard InChI is InChI=1S/C13H11N3O3/c17-11-4-2-1-3-10(11)13(19)16-15-7-9-5-6-14-8-12(9)18/h1-8,17-18H,(H,16,19)/b15-7+. The summed E-state index contributed by atoms with van der Waals surface area (Å²) in [4.78, 5) is 15.4. The van der Waals surface area contributed by atoms with Crippen LogP contribution in [-0.2, 0) is 0 Å². The number of rotatable bonds is 3. The molecule has 0 spiro atoms. The van der Waals surface area contributed by atoms with E-state index in [0.29, 0.717) is 5.56 Å². The molecular formula is C13H11N3O3. The summed E-state index contributed by atoms with van der Waals surface area (Å²) in [6.07, 6.45) is 4.05. The quantitative estimate of drug-likeness (QED) is 0.569. The van der Waals surface area contributed by atoms with Gasteiger partial charge in [0.15, 0.2) is 0 Å². The minimum Gasteiger partial charge on any atom is -0.507 e. The minimum absolute atomic E-state index is 0.0388. The average Bonchev–Trinajstić information content (AvgIpc) is 2.41. The van der Waals surface area contributed by atoms with E-state index >= 15 is 0 Å². The van der Waals surface area contributed by atoms with Gasteiger partial charge in [-0.2, -0.15) is 5.10 Å². The molecule has 6 nitrogen and oxygen atoms in total. The molecule has 1 aromatic carbocycles. The summed E-state index contributed by atoms with van der Waals surface area (Å²) >= 11 is 0. The summed E-state index contributed by atoms with van der Waals surface area (Å²) < 4.78 is 0. The van der Waals surface area contributed by atoms with E-state index in [2.05, 4.69) is 15.5 Å². The molecule has 0 radical (unpaired) electrons. The summed E-state index contributed by atoms with van der Waals surface area (Å²) in [5, 5.41) is 22.6. The predicted molar refractivity (Wildman–Crippen MR) is 69.1 cm³/mol. The first-order chi connectivity index (χ1) is 9.18. The monoisotopic (exact) mass is 257 g/mol. The summed E-state index contributed by atoms with van der Waals surface area (Å²) in [5.41, 5.74) is 2.80. The van der Waals surface area contributed by atoms with Gasteiger partial charge in [-0.05, 0) is 18.2 Å². The van der Waals surface area contributed by atoms with Crippen LogP contribution < -0.4 is 5.43 Å². The van der Waals surface area contributed by atoms with Crippen LogP contribution >= 0.6 is 0 Å². The number of phenols is 1. The highest BCUT2D eigenvalue weighted by atomic mass is 16.3. The first-order valence-corrected chi connectivity index (χ1v) is 5.43. The van der Waals surface area contributed by atoms with Crippen LogP contribution in [0.1, 0.15) is 15.9 Å². The average molecular weight is 257 g/mol. The number of nitrogens with one attached hydrogen (secondary N) is 1. The van der Waals surface area contributed by atoms with Crippen LogP contribution in [0.4, 0.5) is 0 Å². The molecule has 96 valence electrons. The van der Waals surface area contributed by atoms with Crippen molar-refractivity contribution in [3.05, 3.63) is 53.9 Å².